The molecule has 7 heteroatoms. The second kappa shape index (κ2) is 10.3. The summed E-state index contributed by atoms with van der Waals surface area (Å²) in [6.45, 7) is 6.78. The van der Waals surface area contributed by atoms with Crippen LogP contribution >= 0.6 is 0 Å². The molecule has 4 aromatic rings. The zero-order chi connectivity index (χ0) is 25.1. The predicted molar refractivity (Wildman–Crippen MR) is 142 cm³/mol. The SMILES string of the molecule is Cc1cccc(NC(=O)CN2CCN(C(=O)c3cc(-c4ccncc4)nc4ccccc34)CC2)c1C. The van der Waals surface area contributed by atoms with E-state index in [-0.39, 0.29) is 11.8 Å². The Morgan fingerprint density at radius 1 is 0.917 bits per heavy atom. The summed E-state index contributed by atoms with van der Waals surface area (Å²) in [6.07, 6.45) is 3.45. The monoisotopic (exact) mass is 479 g/mol. The Labute approximate surface area is 210 Å². The van der Waals surface area contributed by atoms with E-state index in [1.807, 2.05) is 79.4 Å². The van der Waals surface area contributed by atoms with E-state index in [0.717, 1.165) is 39.0 Å². The van der Waals surface area contributed by atoms with Crippen LogP contribution in [0.1, 0.15) is 21.5 Å². The van der Waals surface area contributed by atoms with Gasteiger partial charge in [-0.25, -0.2) is 4.98 Å². The zero-order valence-electron chi connectivity index (χ0n) is 20.6. The fourth-order valence-corrected chi connectivity index (χ4v) is 4.58. The van der Waals surface area contributed by atoms with Crippen molar-refractivity contribution >= 4 is 28.4 Å². The van der Waals surface area contributed by atoms with E-state index in [1.54, 1.807) is 12.4 Å². The van der Waals surface area contributed by atoms with Gasteiger partial charge in [-0.1, -0.05) is 30.3 Å². The molecule has 7 nitrogen and oxygen atoms in total. The quantitative estimate of drug-likeness (QED) is 0.462. The molecule has 0 spiro atoms. The highest BCUT2D eigenvalue weighted by molar-refractivity contribution is 6.07. The number of nitrogens with one attached hydrogen (secondary N) is 1. The van der Waals surface area contributed by atoms with Gasteiger partial charge in [-0.05, 0) is 55.3 Å². The van der Waals surface area contributed by atoms with Crippen molar-refractivity contribution < 1.29 is 9.59 Å². The summed E-state index contributed by atoms with van der Waals surface area (Å²) in [5.41, 5.74) is 6.19. The van der Waals surface area contributed by atoms with Crippen molar-refractivity contribution in [2.75, 3.05) is 38.0 Å². The molecule has 5 rings (SSSR count). The summed E-state index contributed by atoms with van der Waals surface area (Å²) in [7, 11) is 0. The third-order valence-electron chi connectivity index (χ3n) is 6.83. The first kappa shape index (κ1) is 23.6. The summed E-state index contributed by atoms with van der Waals surface area (Å²) < 4.78 is 0. The van der Waals surface area contributed by atoms with E-state index in [1.165, 1.54) is 0 Å². The number of benzene rings is 2. The summed E-state index contributed by atoms with van der Waals surface area (Å²) in [6, 6.07) is 19.3. The van der Waals surface area contributed by atoms with E-state index in [2.05, 4.69) is 15.2 Å². The van der Waals surface area contributed by atoms with Crippen LogP contribution in [0.2, 0.25) is 0 Å². The fourth-order valence-electron chi connectivity index (χ4n) is 4.58. The number of para-hydroxylation sites is 1. The van der Waals surface area contributed by atoms with Crippen LogP contribution in [0.3, 0.4) is 0 Å². The van der Waals surface area contributed by atoms with Gasteiger partial charge in [0.05, 0.1) is 23.3 Å². The highest BCUT2D eigenvalue weighted by atomic mass is 16.2. The first-order valence-corrected chi connectivity index (χ1v) is 12.2. The Balaban J connectivity index is 1.27. The third-order valence-corrected chi connectivity index (χ3v) is 6.83. The number of hydrogen-bond donors (Lipinski definition) is 1. The molecule has 1 aliphatic heterocycles. The number of piperazine rings is 1. The number of carbonyl (C=O) groups is 2. The maximum absolute atomic E-state index is 13.6. The molecule has 0 aliphatic carbocycles. The molecular formula is C29H29N5O2. The zero-order valence-corrected chi connectivity index (χ0v) is 20.6. The molecule has 0 radical (unpaired) electrons. The number of carbonyl (C=O) groups excluding carboxylic acids is 2. The van der Waals surface area contributed by atoms with Crippen molar-refractivity contribution in [3.63, 3.8) is 0 Å². The van der Waals surface area contributed by atoms with Gasteiger partial charge in [0.1, 0.15) is 0 Å². The average Bonchev–Trinajstić information content (AvgIpc) is 2.91. The van der Waals surface area contributed by atoms with Crippen molar-refractivity contribution in [1.29, 1.82) is 0 Å². The van der Waals surface area contributed by atoms with E-state index in [0.29, 0.717) is 38.3 Å². The number of aryl methyl sites for hydroxylation is 1. The van der Waals surface area contributed by atoms with Gasteiger partial charge in [-0.2, -0.15) is 0 Å². The van der Waals surface area contributed by atoms with Gasteiger partial charge in [0, 0.05) is 55.2 Å². The van der Waals surface area contributed by atoms with Gasteiger partial charge in [-0.3, -0.25) is 19.5 Å². The Kier molecular flexibility index (Phi) is 6.73. The number of amides is 2. The molecule has 2 aromatic carbocycles. The molecule has 0 unspecified atom stereocenters. The minimum absolute atomic E-state index is 0.0107. The molecule has 182 valence electrons. The molecule has 2 aromatic heterocycles. The molecular weight excluding hydrogens is 450 g/mol. The topological polar surface area (TPSA) is 78.4 Å². The van der Waals surface area contributed by atoms with Crippen LogP contribution < -0.4 is 5.32 Å². The summed E-state index contributed by atoms with van der Waals surface area (Å²) in [5.74, 6) is -0.0472. The van der Waals surface area contributed by atoms with Gasteiger partial charge in [0.15, 0.2) is 0 Å². The normalized spacial score (nSPS) is 14.1. The molecule has 1 saturated heterocycles. The van der Waals surface area contributed by atoms with E-state index in [9.17, 15) is 9.59 Å². The minimum atomic E-state index is -0.0365. The predicted octanol–water partition coefficient (Wildman–Crippen LogP) is 4.31. The standard InChI is InChI=1S/C29H29N5O2/c1-20-6-5-9-25(21(20)2)32-28(35)19-33-14-16-34(17-15-33)29(36)24-18-27(22-10-12-30-13-11-22)31-26-8-4-3-7-23(24)26/h3-13,18H,14-17,19H2,1-2H3,(H,32,35). The highest BCUT2D eigenvalue weighted by Gasteiger charge is 2.25. The lowest BCUT2D eigenvalue weighted by molar-refractivity contribution is -0.117. The summed E-state index contributed by atoms with van der Waals surface area (Å²) >= 11 is 0. The molecule has 2 amide bonds. The van der Waals surface area contributed by atoms with Crippen LogP contribution in [-0.4, -0.2) is 64.3 Å². The van der Waals surface area contributed by atoms with Crippen LogP contribution in [0.15, 0.2) is 73.1 Å². The van der Waals surface area contributed by atoms with E-state index in [4.69, 9.17) is 4.98 Å². The molecule has 0 bridgehead atoms. The minimum Gasteiger partial charge on any atom is -0.336 e. The van der Waals surface area contributed by atoms with Crippen LogP contribution in [0.25, 0.3) is 22.2 Å². The van der Waals surface area contributed by atoms with Gasteiger partial charge < -0.3 is 10.2 Å². The second-order valence-corrected chi connectivity index (χ2v) is 9.17. The van der Waals surface area contributed by atoms with Crippen LogP contribution in [0, 0.1) is 13.8 Å². The van der Waals surface area contributed by atoms with E-state index < -0.39 is 0 Å². The molecule has 1 N–H and O–H groups in total. The molecule has 1 fully saturated rings. The number of rotatable bonds is 5. The Hall–Kier alpha value is -4.10. The molecule has 36 heavy (non-hydrogen) atoms. The van der Waals surface area contributed by atoms with Crippen molar-refractivity contribution in [3.8, 4) is 11.3 Å². The number of fused-ring (bicyclic) bond motifs is 1. The maximum Gasteiger partial charge on any atom is 0.254 e. The Morgan fingerprint density at radius 3 is 2.44 bits per heavy atom. The number of hydrogen-bond acceptors (Lipinski definition) is 5. The van der Waals surface area contributed by atoms with Crippen LogP contribution in [0.5, 0.6) is 0 Å². The molecule has 3 heterocycles. The Morgan fingerprint density at radius 2 is 1.67 bits per heavy atom. The van der Waals surface area contributed by atoms with Crippen molar-refractivity contribution in [2.45, 2.75) is 13.8 Å². The summed E-state index contributed by atoms with van der Waals surface area (Å²) in [4.78, 5) is 39.1. The lowest BCUT2D eigenvalue weighted by Gasteiger charge is -2.34. The third kappa shape index (κ3) is 4.97. The van der Waals surface area contributed by atoms with Gasteiger partial charge in [0.25, 0.3) is 5.91 Å². The second-order valence-electron chi connectivity index (χ2n) is 9.17. The average molecular weight is 480 g/mol. The number of aromatic nitrogens is 2. The number of pyridine rings is 2. The Bertz CT molecular complexity index is 1410. The maximum atomic E-state index is 13.6. The fraction of sp³-hybridized carbons (Fsp3) is 0.241. The number of nitrogens with zero attached hydrogens (tertiary/aromatic N) is 4. The first-order valence-electron chi connectivity index (χ1n) is 12.2. The van der Waals surface area contributed by atoms with Crippen molar-refractivity contribution in [3.05, 3.63) is 89.7 Å². The lowest BCUT2D eigenvalue weighted by Crippen LogP contribution is -2.50. The molecule has 1 aliphatic rings. The first-order chi connectivity index (χ1) is 17.5. The highest BCUT2D eigenvalue weighted by Crippen LogP contribution is 2.26. The van der Waals surface area contributed by atoms with Gasteiger partial charge in [0.2, 0.25) is 5.91 Å². The summed E-state index contributed by atoms with van der Waals surface area (Å²) in [5, 5.41) is 3.87. The molecule has 0 saturated carbocycles. The van der Waals surface area contributed by atoms with Gasteiger partial charge >= 0.3 is 0 Å². The molecule has 0 atom stereocenters. The van der Waals surface area contributed by atoms with Gasteiger partial charge in [-0.15, -0.1) is 0 Å². The number of anilines is 1. The van der Waals surface area contributed by atoms with Crippen molar-refractivity contribution in [2.24, 2.45) is 0 Å². The van der Waals surface area contributed by atoms with E-state index >= 15 is 0 Å². The lowest BCUT2D eigenvalue weighted by atomic mass is 10.0. The van der Waals surface area contributed by atoms with Crippen molar-refractivity contribution in [1.82, 2.24) is 19.8 Å². The van der Waals surface area contributed by atoms with Crippen LogP contribution in [-0.2, 0) is 4.79 Å². The largest absolute Gasteiger partial charge is 0.336 e. The van der Waals surface area contributed by atoms with Crippen LogP contribution in [0.4, 0.5) is 5.69 Å². The smallest absolute Gasteiger partial charge is 0.254 e.